The Hall–Kier alpha value is -1.60. The number of anilines is 1. The first-order valence-corrected chi connectivity index (χ1v) is 8.18. The van der Waals surface area contributed by atoms with Crippen molar-refractivity contribution in [2.75, 3.05) is 24.2 Å². The molecule has 1 aromatic rings. The maximum absolute atomic E-state index is 12.0. The van der Waals surface area contributed by atoms with Crippen LogP contribution in [0.2, 0.25) is 0 Å². The fourth-order valence-corrected chi connectivity index (χ4v) is 2.31. The van der Waals surface area contributed by atoms with Gasteiger partial charge >= 0.3 is 0 Å². The van der Waals surface area contributed by atoms with Gasteiger partial charge in [0.15, 0.2) is 0 Å². The number of carbonyl (C=O) groups is 1. The van der Waals surface area contributed by atoms with Crippen molar-refractivity contribution in [3.05, 3.63) is 29.3 Å². The molecular formula is C13H21N3O3S. The van der Waals surface area contributed by atoms with Gasteiger partial charge in [0.1, 0.15) is 0 Å². The van der Waals surface area contributed by atoms with Crippen molar-refractivity contribution in [2.45, 2.75) is 20.3 Å². The number of rotatable bonds is 7. The number of hydrogen-bond donors (Lipinski definition) is 3. The summed E-state index contributed by atoms with van der Waals surface area (Å²) in [5.41, 5.74) is 2.39. The van der Waals surface area contributed by atoms with Gasteiger partial charge in [0.05, 0.1) is 11.3 Å². The number of nitrogens with two attached hydrogens (primary N) is 1. The van der Waals surface area contributed by atoms with E-state index in [1.54, 1.807) is 6.07 Å². The average molecular weight is 299 g/mol. The molecule has 1 aromatic carbocycles. The number of primary sulfonamides is 1. The van der Waals surface area contributed by atoms with Gasteiger partial charge in [-0.1, -0.05) is 6.07 Å². The SMILES string of the molecule is CCNc1cc(C)ccc1C(=O)NCCCS(N)(=O)=O. The number of sulfonamides is 1. The number of aryl methyl sites for hydroxylation is 1. The van der Waals surface area contributed by atoms with Crippen molar-refractivity contribution in [3.63, 3.8) is 0 Å². The van der Waals surface area contributed by atoms with Gasteiger partial charge in [-0.3, -0.25) is 4.79 Å². The smallest absolute Gasteiger partial charge is 0.253 e. The molecule has 0 radical (unpaired) electrons. The zero-order chi connectivity index (χ0) is 15.2. The molecule has 0 unspecified atom stereocenters. The summed E-state index contributed by atoms with van der Waals surface area (Å²) in [5.74, 6) is -0.364. The van der Waals surface area contributed by atoms with Gasteiger partial charge in [0.25, 0.3) is 5.91 Å². The standard InChI is InChI=1S/C13H21N3O3S/c1-3-15-12-9-10(2)5-6-11(12)13(17)16-7-4-8-20(14,18)19/h5-6,9,15H,3-4,7-8H2,1-2H3,(H,16,17)(H2,14,18,19). The summed E-state index contributed by atoms with van der Waals surface area (Å²) in [4.78, 5) is 12.0. The number of nitrogens with one attached hydrogen (secondary N) is 2. The van der Waals surface area contributed by atoms with E-state index in [-0.39, 0.29) is 18.2 Å². The van der Waals surface area contributed by atoms with E-state index in [0.717, 1.165) is 17.8 Å². The molecule has 1 rings (SSSR count). The zero-order valence-corrected chi connectivity index (χ0v) is 12.6. The molecule has 0 bridgehead atoms. The second-order valence-electron chi connectivity index (χ2n) is 4.56. The highest BCUT2D eigenvalue weighted by Crippen LogP contribution is 2.17. The van der Waals surface area contributed by atoms with Crippen molar-refractivity contribution in [3.8, 4) is 0 Å². The van der Waals surface area contributed by atoms with Gasteiger partial charge in [-0.25, -0.2) is 13.6 Å². The van der Waals surface area contributed by atoms with Crippen LogP contribution in [0.25, 0.3) is 0 Å². The molecule has 0 spiro atoms. The molecule has 4 N–H and O–H groups in total. The minimum Gasteiger partial charge on any atom is -0.385 e. The quantitative estimate of drug-likeness (QED) is 0.649. The first kappa shape index (κ1) is 16.5. The average Bonchev–Trinajstić information content (AvgIpc) is 2.34. The highest BCUT2D eigenvalue weighted by atomic mass is 32.2. The van der Waals surface area contributed by atoms with Crippen LogP contribution in [0.5, 0.6) is 0 Å². The lowest BCUT2D eigenvalue weighted by molar-refractivity contribution is 0.0954. The predicted molar refractivity (Wildman–Crippen MR) is 80.3 cm³/mol. The second-order valence-corrected chi connectivity index (χ2v) is 6.29. The van der Waals surface area contributed by atoms with Gasteiger partial charge in [-0.05, 0) is 38.0 Å². The second kappa shape index (κ2) is 7.25. The summed E-state index contributed by atoms with van der Waals surface area (Å²) in [7, 11) is -3.47. The fourth-order valence-electron chi connectivity index (χ4n) is 1.76. The highest BCUT2D eigenvalue weighted by molar-refractivity contribution is 7.89. The van der Waals surface area contributed by atoms with Crippen molar-refractivity contribution in [1.82, 2.24) is 5.32 Å². The Morgan fingerprint density at radius 1 is 1.35 bits per heavy atom. The number of hydrogen-bond acceptors (Lipinski definition) is 4. The van der Waals surface area contributed by atoms with Crippen molar-refractivity contribution in [2.24, 2.45) is 5.14 Å². The fraction of sp³-hybridized carbons (Fsp3) is 0.462. The molecule has 0 saturated carbocycles. The maximum atomic E-state index is 12.0. The van der Waals surface area contributed by atoms with E-state index in [0.29, 0.717) is 12.0 Å². The molecule has 0 atom stereocenters. The van der Waals surface area contributed by atoms with E-state index in [4.69, 9.17) is 5.14 Å². The van der Waals surface area contributed by atoms with Crippen molar-refractivity contribution < 1.29 is 13.2 Å². The van der Waals surface area contributed by atoms with Crippen LogP contribution < -0.4 is 15.8 Å². The van der Waals surface area contributed by atoms with E-state index in [1.807, 2.05) is 26.0 Å². The molecule has 0 aromatic heterocycles. The van der Waals surface area contributed by atoms with Crippen LogP contribution in [0.15, 0.2) is 18.2 Å². The predicted octanol–water partition coefficient (Wildman–Crippen LogP) is 0.835. The summed E-state index contributed by atoms with van der Waals surface area (Å²) < 4.78 is 21.6. The highest BCUT2D eigenvalue weighted by Gasteiger charge is 2.11. The van der Waals surface area contributed by atoms with Crippen LogP contribution in [-0.2, 0) is 10.0 Å². The summed E-state index contributed by atoms with van der Waals surface area (Å²) in [6.07, 6.45) is 0.299. The molecule has 0 saturated heterocycles. The summed E-state index contributed by atoms with van der Waals surface area (Å²) in [6, 6.07) is 5.52. The zero-order valence-electron chi connectivity index (χ0n) is 11.8. The first-order chi connectivity index (χ1) is 9.33. The molecule has 0 aliphatic carbocycles. The molecule has 0 aliphatic heterocycles. The normalized spacial score (nSPS) is 11.2. The third kappa shape index (κ3) is 5.58. The molecule has 112 valence electrons. The Labute approximate surface area is 119 Å². The lowest BCUT2D eigenvalue weighted by Gasteiger charge is -2.12. The van der Waals surface area contributed by atoms with Gasteiger partial charge in [-0.2, -0.15) is 0 Å². The van der Waals surface area contributed by atoms with E-state index in [2.05, 4.69) is 10.6 Å². The van der Waals surface area contributed by atoms with E-state index >= 15 is 0 Å². The maximum Gasteiger partial charge on any atom is 0.253 e. The van der Waals surface area contributed by atoms with Gasteiger partial charge in [0.2, 0.25) is 10.0 Å². The molecule has 0 fully saturated rings. The Kier molecular flexibility index (Phi) is 5.97. The van der Waals surface area contributed by atoms with Crippen LogP contribution >= 0.6 is 0 Å². The van der Waals surface area contributed by atoms with E-state index in [9.17, 15) is 13.2 Å². The van der Waals surface area contributed by atoms with Crippen LogP contribution in [0.4, 0.5) is 5.69 Å². The van der Waals surface area contributed by atoms with Crippen molar-refractivity contribution >= 4 is 21.6 Å². The topological polar surface area (TPSA) is 101 Å². The van der Waals surface area contributed by atoms with Gasteiger partial charge < -0.3 is 10.6 Å². The molecule has 20 heavy (non-hydrogen) atoms. The van der Waals surface area contributed by atoms with Crippen LogP contribution in [0, 0.1) is 6.92 Å². The Bertz CT molecular complexity index is 570. The molecule has 1 amide bonds. The molecule has 0 aliphatic rings. The number of amides is 1. The lowest BCUT2D eigenvalue weighted by Crippen LogP contribution is -2.28. The Balaban J connectivity index is 2.63. The molecule has 7 heteroatoms. The minimum absolute atomic E-state index is 0.138. The van der Waals surface area contributed by atoms with Crippen molar-refractivity contribution in [1.29, 1.82) is 0 Å². The van der Waals surface area contributed by atoms with E-state index in [1.165, 1.54) is 0 Å². The molecule has 6 nitrogen and oxygen atoms in total. The van der Waals surface area contributed by atoms with Gasteiger partial charge in [-0.15, -0.1) is 0 Å². The third-order valence-corrected chi connectivity index (χ3v) is 3.54. The summed E-state index contributed by atoms with van der Waals surface area (Å²) >= 11 is 0. The minimum atomic E-state index is -3.47. The molecular weight excluding hydrogens is 278 g/mol. The van der Waals surface area contributed by atoms with Crippen LogP contribution in [-0.4, -0.2) is 33.2 Å². The summed E-state index contributed by atoms with van der Waals surface area (Å²) in [6.45, 7) is 4.90. The summed E-state index contributed by atoms with van der Waals surface area (Å²) in [5, 5.41) is 10.7. The number of carbonyl (C=O) groups excluding carboxylic acids is 1. The lowest BCUT2D eigenvalue weighted by atomic mass is 10.1. The van der Waals surface area contributed by atoms with Gasteiger partial charge in [0, 0.05) is 18.8 Å². The largest absolute Gasteiger partial charge is 0.385 e. The van der Waals surface area contributed by atoms with E-state index < -0.39 is 10.0 Å². The Morgan fingerprint density at radius 2 is 2.05 bits per heavy atom. The first-order valence-electron chi connectivity index (χ1n) is 6.46. The monoisotopic (exact) mass is 299 g/mol. The Morgan fingerprint density at radius 3 is 2.65 bits per heavy atom. The van der Waals surface area contributed by atoms with Crippen LogP contribution in [0.3, 0.4) is 0 Å². The third-order valence-electron chi connectivity index (χ3n) is 2.68. The number of benzene rings is 1. The molecule has 0 heterocycles. The van der Waals surface area contributed by atoms with Crippen LogP contribution in [0.1, 0.15) is 29.3 Å².